The number of benzene rings is 2. The van der Waals surface area contributed by atoms with Gasteiger partial charge in [0, 0.05) is 20.0 Å². The van der Waals surface area contributed by atoms with Crippen molar-refractivity contribution in [3.8, 4) is 0 Å². The van der Waals surface area contributed by atoms with Crippen molar-refractivity contribution in [2.24, 2.45) is 7.05 Å². The summed E-state index contributed by atoms with van der Waals surface area (Å²) in [6.07, 6.45) is 2.32. The Kier molecular flexibility index (Phi) is 4.54. The van der Waals surface area contributed by atoms with Gasteiger partial charge in [0.2, 0.25) is 0 Å². The number of fused-ring (bicyclic) bond motifs is 1. The average Bonchev–Trinajstić information content (AvgIpc) is 3.27. The lowest BCUT2D eigenvalue weighted by atomic mass is 10.1. The highest BCUT2D eigenvalue weighted by molar-refractivity contribution is 5.95. The molecule has 0 atom stereocenters. The van der Waals surface area contributed by atoms with E-state index in [9.17, 15) is 4.79 Å². The molecule has 3 aromatic rings. The van der Waals surface area contributed by atoms with Gasteiger partial charge in [0.1, 0.15) is 0 Å². The summed E-state index contributed by atoms with van der Waals surface area (Å²) in [5.41, 5.74) is 6.22. The van der Waals surface area contributed by atoms with Crippen molar-refractivity contribution in [2.45, 2.75) is 26.2 Å². The number of aryl methyl sites for hydroxylation is 1. The number of carbonyl (C=O) groups excluding carboxylic acids is 1. The summed E-state index contributed by atoms with van der Waals surface area (Å²) < 4.78 is 7.21. The summed E-state index contributed by atoms with van der Waals surface area (Å²) in [4.78, 5) is 12.7. The molecule has 0 saturated carbocycles. The van der Waals surface area contributed by atoms with E-state index in [2.05, 4.69) is 34.7 Å². The van der Waals surface area contributed by atoms with Crippen LogP contribution in [0.25, 0.3) is 0 Å². The summed E-state index contributed by atoms with van der Waals surface area (Å²) in [6, 6.07) is 16.3. The van der Waals surface area contributed by atoms with Gasteiger partial charge in [-0.1, -0.05) is 48.5 Å². The van der Waals surface area contributed by atoms with Gasteiger partial charge in [-0.05, 0) is 22.3 Å². The fourth-order valence-corrected chi connectivity index (χ4v) is 3.26. The molecule has 2 heterocycles. The predicted octanol–water partition coefficient (Wildman–Crippen LogP) is 2.97. The Morgan fingerprint density at radius 2 is 1.92 bits per heavy atom. The van der Waals surface area contributed by atoms with Gasteiger partial charge in [-0.3, -0.25) is 9.48 Å². The summed E-state index contributed by atoms with van der Waals surface area (Å²) in [6.45, 7) is 1.83. The molecule has 5 nitrogen and oxygen atoms in total. The second-order valence-electron chi connectivity index (χ2n) is 6.57. The molecule has 1 N–H and O–H groups in total. The standard InChI is InChI=1S/C21H21N3O2/c1-24-20(10-15-5-3-2-4-6-15)19(12-23-24)21(25)22-11-16-7-8-17-13-26-14-18(17)9-16/h2-9,12H,10-11,13-14H2,1H3,(H,22,25). The first-order valence-electron chi connectivity index (χ1n) is 8.72. The Morgan fingerprint density at radius 1 is 1.12 bits per heavy atom. The van der Waals surface area contributed by atoms with Crippen molar-refractivity contribution < 1.29 is 9.53 Å². The Hall–Kier alpha value is -2.92. The van der Waals surface area contributed by atoms with E-state index in [0.717, 1.165) is 16.8 Å². The summed E-state index contributed by atoms with van der Waals surface area (Å²) in [5.74, 6) is -0.0965. The van der Waals surface area contributed by atoms with Crippen LogP contribution in [0.5, 0.6) is 0 Å². The van der Waals surface area contributed by atoms with Gasteiger partial charge in [0.15, 0.2) is 0 Å². The lowest BCUT2D eigenvalue weighted by Gasteiger charge is -2.09. The van der Waals surface area contributed by atoms with Gasteiger partial charge in [-0.2, -0.15) is 5.10 Å². The third-order valence-corrected chi connectivity index (χ3v) is 4.76. The van der Waals surface area contributed by atoms with Crippen molar-refractivity contribution in [2.75, 3.05) is 0 Å². The molecule has 0 aliphatic carbocycles. The van der Waals surface area contributed by atoms with Crippen molar-refractivity contribution in [3.63, 3.8) is 0 Å². The molecule has 0 fully saturated rings. The van der Waals surface area contributed by atoms with Crippen LogP contribution in [-0.4, -0.2) is 15.7 Å². The molecule has 0 radical (unpaired) electrons. The third kappa shape index (κ3) is 3.39. The number of amides is 1. The van der Waals surface area contributed by atoms with Gasteiger partial charge < -0.3 is 10.1 Å². The van der Waals surface area contributed by atoms with E-state index in [1.165, 1.54) is 11.1 Å². The lowest BCUT2D eigenvalue weighted by molar-refractivity contribution is 0.0950. The first-order valence-corrected chi connectivity index (χ1v) is 8.72. The van der Waals surface area contributed by atoms with E-state index in [-0.39, 0.29) is 5.91 Å². The SMILES string of the molecule is Cn1ncc(C(=O)NCc2ccc3c(c2)COC3)c1Cc1ccccc1. The average molecular weight is 347 g/mol. The highest BCUT2D eigenvalue weighted by Crippen LogP contribution is 2.21. The number of carbonyl (C=O) groups is 1. The van der Waals surface area contributed by atoms with Crippen LogP contribution in [0.2, 0.25) is 0 Å². The maximum Gasteiger partial charge on any atom is 0.255 e. The molecule has 5 heteroatoms. The number of rotatable bonds is 5. The molecule has 1 aliphatic rings. The van der Waals surface area contributed by atoms with Crippen LogP contribution in [0.4, 0.5) is 0 Å². The minimum Gasteiger partial charge on any atom is -0.372 e. The van der Waals surface area contributed by atoms with Crippen LogP contribution in [0.15, 0.2) is 54.7 Å². The molecule has 0 unspecified atom stereocenters. The largest absolute Gasteiger partial charge is 0.372 e. The first-order chi connectivity index (χ1) is 12.7. The zero-order valence-corrected chi connectivity index (χ0v) is 14.7. The molecule has 0 spiro atoms. The minimum atomic E-state index is -0.0965. The topological polar surface area (TPSA) is 56.2 Å². The van der Waals surface area contributed by atoms with Gasteiger partial charge in [0.25, 0.3) is 5.91 Å². The zero-order valence-electron chi connectivity index (χ0n) is 14.7. The second-order valence-corrected chi connectivity index (χ2v) is 6.57. The number of nitrogens with one attached hydrogen (secondary N) is 1. The quantitative estimate of drug-likeness (QED) is 0.772. The molecule has 26 heavy (non-hydrogen) atoms. The fourth-order valence-electron chi connectivity index (χ4n) is 3.26. The second kappa shape index (κ2) is 7.14. The van der Waals surface area contributed by atoms with Crippen LogP contribution in [0, 0.1) is 0 Å². The van der Waals surface area contributed by atoms with Crippen molar-refractivity contribution >= 4 is 5.91 Å². The number of nitrogens with zero attached hydrogens (tertiary/aromatic N) is 2. The van der Waals surface area contributed by atoms with Gasteiger partial charge in [-0.25, -0.2) is 0 Å². The van der Waals surface area contributed by atoms with E-state index in [4.69, 9.17) is 4.74 Å². The molecule has 4 rings (SSSR count). The van der Waals surface area contributed by atoms with Crippen LogP contribution >= 0.6 is 0 Å². The van der Waals surface area contributed by atoms with Crippen molar-refractivity contribution in [3.05, 3.63) is 88.2 Å². The highest BCUT2D eigenvalue weighted by Gasteiger charge is 2.17. The van der Waals surface area contributed by atoms with Crippen molar-refractivity contribution in [1.82, 2.24) is 15.1 Å². The molecule has 132 valence electrons. The molecular formula is C21H21N3O2. The maximum absolute atomic E-state index is 12.7. The molecule has 0 bridgehead atoms. The Balaban J connectivity index is 1.47. The molecule has 2 aromatic carbocycles. The third-order valence-electron chi connectivity index (χ3n) is 4.76. The first kappa shape index (κ1) is 16.5. The Labute approximate surface area is 152 Å². The van der Waals surface area contributed by atoms with Gasteiger partial charge in [0.05, 0.1) is 30.7 Å². The van der Waals surface area contributed by atoms with Gasteiger partial charge >= 0.3 is 0 Å². The number of hydrogen-bond acceptors (Lipinski definition) is 3. The summed E-state index contributed by atoms with van der Waals surface area (Å²) in [7, 11) is 1.87. The smallest absolute Gasteiger partial charge is 0.255 e. The number of aromatic nitrogens is 2. The highest BCUT2D eigenvalue weighted by atomic mass is 16.5. The Morgan fingerprint density at radius 3 is 2.77 bits per heavy atom. The molecule has 0 saturated heterocycles. The fraction of sp³-hybridized carbons (Fsp3) is 0.238. The normalized spacial score (nSPS) is 12.8. The van der Waals surface area contributed by atoms with Crippen LogP contribution < -0.4 is 5.32 Å². The zero-order chi connectivity index (χ0) is 17.9. The van der Waals surface area contributed by atoms with E-state index in [1.54, 1.807) is 10.9 Å². The number of hydrogen-bond donors (Lipinski definition) is 1. The van der Waals surface area contributed by atoms with Gasteiger partial charge in [-0.15, -0.1) is 0 Å². The van der Waals surface area contributed by atoms with E-state index < -0.39 is 0 Å². The van der Waals surface area contributed by atoms with E-state index >= 15 is 0 Å². The maximum atomic E-state index is 12.7. The monoisotopic (exact) mass is 347 g/mol. The van der Waals surface area contributed by atoms with Crippen LogP contribution in [0.3, 0.4) is 0 Å². The predicted molar refractivity (Wildman–Crippen MR) is 98.6 cm³/mol. The molecular weight excluding hydrogens is 326 g/mol. The van der Waals surface area contributed by atoms with Crippen molar-refractivity contribution in [1.29, 1.82) is 0 Å². The van der Waals surface area contributed by atoms with Crippen LogP contribution in [0.1, 0.15) is 38.3 Å². The lowest BCUT2D eigenvalue weighted by Crippen LogP contribution is -2.24. The minimum absolute atomic E-state index is 0.0965. The van der Waals surface area contributed by atoms with Crippen LogP contribution in [-0.2, 0) is 38.0 Å². The van der Waals surface area contributed by atoms with E-state index in [0.29, 0.717) is 31.7 Å². The summed E-state index contributed by atoms with van der Waals surface area (Å²) >= 11 is 0. The van der Waals surface area contributed by atoms with E-state index in [1.807, 2.05) is 31.3 Å². The molecule has 1 amide bonds. The molecule has 1 aliphatic heterocycles. The Bertz CT molecular complexity index is 932. The number of ether oxygens (including phenoxy) is 1. The summed E-state index contributed by atoms with van der Waals surface area (Å²) in [5, 5.41) is 7.29. The molecule has 1 aromatic heterocycles.